The molecule has 6 nitrogen and oxygen atoms in total. The summed E-state index contributed by atoms with van der Waals surface area (Å²) in [6.07, 6.45) is -1.52. The zero-order chi connectivity index (χ0) is 18.0. The van der Waals surface area contributed by atoms with Crippen molar-refractivity contribution in [3.05, 3.63) is 69.9 Å². The van der Waals surface area contributed by atoms with Gasteiger partial charge in [0.2, 0.25) is 0 Å². The van der Waals surface area contributed by atoms with Crippen LogP contribution >= 0.6 is 0 Å². The molecule has 3 rings (SSSR count). The number of anilines is 1. The number of hydrazone groups is 1. The molecular weight excluding hydrogens is 337 g/mol. The van der Waals surface area contributed by atoms with Gasteiger partial charge in [-0.25, -0.2) is 0 Å². The van der Waals surface area contributed by atoms with Crippen LogP contribution in [0.1, 0.15) is 11.1 Å². The highest BCUT2D eigenvalue weighted by atomic mass is 19.4. The van der Waals surface area contributed by atoms with Gasteiger partial charge in [0.1, 0.15) is 5.69 Å². The molecule has 0 aliphatic carbocycles. The van der Waals surface area contributed by atoms with Crippen LogP contribution in [0.4, 0.5) is 24.5 Å². The van der Waals surface area contributed by atoms with Gasteiger partial charge in [-0.3, -0.25) is 15.5 Å². The van der Waals surface area contributed by atoms with Crippen LogP contribution in [-0.2, 0) is 6.18 Å². The fourth-order valence-corrected chi connectivity index (χ4v) is 2.33. The zero-order valence-corrected chi connectivity index (χ0v) is 12.5. The topological polar surface area (TPSA) is 83.3 Å². The van der Waals surface area contributed by atoms with Crippen LogP contribution < -0.4 is 5.43 Å². The van der Waals surface area contributed by atoms with E-state index in [1.54, 1.807) is 6.20 Å². The average molecular weight is 348 g/mol. The van der Waals surface area contributed by atoms with Crippen LogP contribution in [0.15, 0.2) is 53.8 Å². The summed E-state index contributed by atoms with van der Waals surface area (Å²) < 4.78 is 38.0. The second-order valence-corrected chi connectivity index (χ2v) is 5.15. The number of aromatic nitrogens is 1. The fraction of sp³-hybridized carbons (Fsp3) is 0.0625. The van der Waals surface area contributed by atoms with E-state index in [0.717, 1.165) is 28.6 Å². The summed E-state index contributed by atoms with van der Waals surface area (Å²) in [5.74, 6) is 0. The highest BCUT2D eigenvalue weighted by Gasteiger charge is 2.33. The van der Waals surface area contributed by atoms with Gasteiger partial charge in [0.15, 0.2) is 0 Å². The lowest BCUT2D eigenvalue weighted by molar-refractivity contribution is -0.384. The third-order valence-corrected chi connectivity index (χ3v) is 3.53. The Kier molecular flexibility index (Phi) is 4.14. The van der Waals surface area contributed by atoms with Crippen LogP contribution in [0.5, 0.6) is 0 Å². The molecule has 0 saturated carbocycles. The molecule has 0 atom stereocenters. The van der Waals surface area contributed by atoms with Gasteiger partial charge in [-0.05, 0) is 18.2 Å². The Morgan fingerprint density at radius 3 is 2.68 bits per heavy atom. The minimum Gasteiger partial charge on any atom is -0.361 e. The van der Waals surface area contributed by atoms with Crippen LogP contribution in [0.25, 0.3) is 10.9 Å². The van der Waals surface area contributed by atoms with Crippen molar-refractivity contribution in [2.75, 3.05) is 5.43 Å². The van der Waals surface area contributed by atoms with Crippen LogP contribution in [-0.4, -0.2) is 16.1 Å². The van der Waals surface area contributed by atoms with Crippen LogP contribution in [0.2, 0.25) is 0 Å². The lowest BCUT2D eigenvalue weighted by atomic mass is 10.1. The Labute approximate surface area is 139 Å². The number of nitro benzene ring substituents is 1. The quantitative estimate of drug-likeness (QED) is 0.412. The normalized spacial score (nSPS) is 12.0. The standard InChI is InChI=1S/C16H11F3N4O2/c17-16(18,19)11-5-6-14(15(7-11)23(24)25)22-21-9-10-8-20-13-4-2-1-3-12(10)13/h1-9,20,22H. The molecule has 0 fully saturated rings. The fourth-order valence-electron chi connectivity index (χ4n) is 2.33. The van der Waals surface area contributed by atoms with Crippen molar-refractivity contribution < 1.29 is 18.1 Å². The molecule has 1 aromatic heterocycles. The summed E-state index contributed by atoms with van der Waals surface area (Å²) in [6.45, 7) is 0. The number of para-hydroxylation sites is 1. The Bertz CT molecular complexity index is 963. The lowest BCUT2D eigenvalue weighted by Crippen LogP contribution is -2.06. The van der Waals surface area contributed by atoms with Crippen molar-refractivity contribution in [2.24, 2.45) is 5.10 Å². The Morgan fingerprint density at radius 2 is 1.96 bits per heavy atom. The Morgan fingerprint density at radius 1 is 1.20 bits per heavy atom. The van der Waals surface area contributed by atoms with E-state index in [4.69, 9.17) is 0 Å². The number of alkyl halides is 3. The molecule has 0 bridgehead atoms. The molecule has 25 heavy (non-hydrogen) atoms. The molecule has 2 aromatic carbocycles. The molecule has 0 aliphatic heterocycles. The van der Waals surface area contributed by atoms with Crippen molar-refractivity contribution in [3.63, 3.8) is 0 Å². The number of nitrogens with one attached hydrogen (secondary N) is 2. The average Bonchev–Trinajstić information content (AvgIpc) is 2.97. The molecule has 0 unspecified atom stereocenters. The first kappa shape index (κ1) is 16.5. The molecule has 9 heteroatoms. The van der Waals surface area contributed by atoms with Crippen molar-refractivity contribution in [2.45, 2.75) is 6.18 Å². The van der Waals surface area contributed by atoms with Gasteiger partial charge in [-0.15, -0.1) is 0 Å². The minimum absolute atomic E-state index is 0.130. The molecule has 0 amide bonds. The second kappa shape index (κ2) is 6.27. The van der Waals surface area contributed by atoms with E-state index in [1.165, 1.54) is 6.21 Å². The summed E-state index contributed by atoms with van der Waals surface area (Å²) in [7, 11) is 0. The van der Waals surface area contributed by atoms with Gasteiger partial charge in [0.25, 0.3) is 5.69 Å². The van der Waals surface area contributed by atoms with Gasteiger partial charge < -0.3 is 4.98 Å². The maximum Gasteiger partial charge on any atom is 0.416 e. The van der Waals surface area contributed by atoms with E-state index < -0.39 is 22.4 Å². The summed E-state index contributed by atoms with van der Waals surface area (Å²) in [4.78, 5) is 13.2. The molecule has 1 heterocycles. The predicted molar refractivity (Wildman–Crippen MR) is 87.6 cm³/mol. The second-order valence-electron chi connectivity index (χ2n) is 5.15. The maximum absolute atomic E-state index is 12.7. The van der Waals surface area contributed by atoms with Crippen LogP contribution in [0, 0.1) is 10.1 Å². The van der Waals surface area contributed by atoms with Gasteiger partial charge >= 0.3 is 6.18 Å². The Hall–Kier alpha value is -3.36. The van der Waals surface area contributed by atoms with E-state index in [1.807, 2.05) is 24.3 Å². The first-order valence-corrected chi connectivity index (χ1v) is 7.07. The number of aromatic amines is 1. The number of nitro groups is 1. The van der Waals surface area contributed by atoms with E-state index >= 15 is 0 Å². The maximum atomic E-state index is 12.7. The van der Waals surface area contributed by atoms with Crippen molar-refractivity contribution in [3.8, 4) is 0 Å². The van der Waals surface area contributed by atoms with Gasteiger partial charge in [-0.1, -0.05) is 18.2 Å². The van der Waals surface area contributed by atoms with E-state index in [9.17, 15) is 23.3 Å². The highest BCUT2D eigenvalue weighted by molar-refractivity contribution is 5.99. The predicted octanol–water partition coefficient (Wildman–Crippen LogP) is 4.54. The first-order valence-electron chi connectivity index (χ1n) is 7.07. The molecule has 128 valence electrons. The number of nitrogens with zero attached hydrogens (tertiary/aromatic N) is 2. The van der Waals surface area contributed by atoms with Crippen molar-refractivity contribution >= 4 is 28.5 Å². The molecule has 0 saturated heterocycles. The van der Waals surface area contributed by atoms with Gasteiger partial charge in [-0.2, -0.15) is 18.3 Å². The number of rotatable bonds is 4. The number of hydrogen-bond acceptors (Lipinski definition) is 4. The SMILES string of the molecule is O=[N+]([O-])c1cc(C(F)(F)F)ccc1NN=Cc1c[nH]c2ccccc12. The molecular formula is C16H11F3N4O2. The highest BCUT2D eigenvalue weighted by Crippen LogP contribution is 2.34. The number of benzene rings is 2. The Balaban J connectivity index is 1.86. The van der Waals surface area contributed by atoms with Gasteiger partial charge in [0, 0.05) is 28.7 Å². The van der Waals surface area contributed by atoms with E-state index in [-0.39, 0.29) is 5.69 Å². The van der Waals surface area contributed by atoms with Crippen LogP contribution in [0.3, 0.4) is 0 Å². The third-order valence-electron chi connectivity index (χ3n) is 3.53. The van der Waals surface area contributed by atoms with Crippen molar-refractivity contribution in [1.82, 2.24) is 4.98 Å². The molecule has 0 radical (unpaired) electrons. The summed E-state index contributed by atoms with van der Waals surface area (Å²) in [5.41, 5.74) is 2.12. The summed E-state index contributed by atoms with van der Waals surface area (Å²) >= 11 is 0. The monoisotopic (exact) mass is 348 g/mol. The molecule has 0 aliphatic rings. The third kappa shape index (κ3) is 3.44. The lowest BCUT2D eigenvalue weighted by Gasteiger charge is -2.08. The van der Waals surface area contributed by atoms with E-state index in [0.29, 0.717) is 6.07 Å². The number of hydrogen-bond donors (Lipinski definition) is 2. The van der Waals surface area contributed by atoms with Gasteiger partial charge in [0.05, 0.1) is 16.7 Å². The number of halogens is 3. The number of H-pyrrole nitrogens is 1. The molecule has 2 N–H and O–H groups in total. The van der Waals surface area contributed by atoms with Crippen molar-refractivity contribution in [1.29, 1.82) is 0 Å². The number of fused-ring (bicyclic) bond motifs is 1. The summed E-state index contributed by atoms with van der Waals surface area (Å²) in [6, 6.07) is 9.67. The largest absolute Gasteiger partial charge is 0.416 e. The summed E-state index contributed by atoms with van der Waals surface area (Å²) in [5, 5.41) is 15.8. The molecule has 3 aromatic rings. The minimum atomic E-state index is -4.66. The zero-order valence-electron chi connectivity index (χ0n) is 12.5. The molecule has 0 spiro atoms. The smallest absolute Gasteiger partial charge is 0.361 e. The first-order chi connectivity index (χ1) is 11.9. The van der Waals surface area contributed by atoms with E-state index in [2.05, 4.69) is 15.5 Å².